The van der Waals surface area contributed by atoms with Crippen molar-refractivity contribution >= 4 is 26.7 Å². The van der Waals surface area contributed by atoms with E-state index in [1.807, 2.05) is 24.3 Å². The summed E-state index contributed by atoms with van der Waals surface area (Å²) < 4.78 is 13.9. The molecule has 0 radical (unpaired) electrons. The van der Waals surface area contributed by atoms with Crippen LogP contribution in [0.4, 0.5) is 0 Å². The zero-order chi connectivity index (χ0) is 15.6. The quantitative estimate of drug-likeness (QED) is 0.744. The molecule has 1 aliphatic carbocycles. The summed E-state index contributed by atoms with van der Waals surface area (Å²) in [7, 11) is -1.11. The maximum Gasteiger partial charge on any atom is 0.0668 e. The van der Waals surface area contributed by atoms with E-state index in [1.54, 1.807) is 0 Å². The number of nitriles is 1. The summed E-state index contributed by atoms with van der Waals surface area (Å²) in [5.74, 6) is 0.444. The molecule has 0 spiro atoms. The molecule has 2 rings (SSSR count). The molecule has 0 aliphatic heterocycles. The van der Waals surface area contributed by atoms with Crippen LogP contribution in [-0.2, 0) is 10.8 Å². The minimum Gasteiger partial charge on any atom is -0.254 e. The number of nitrogens with zero attached hydrogens (tertiary/aromatic N) is 1. The Kier molecular flexibility index (Phi) is 5.27. The number of halogens is 1. The van der Waals surface area contributed by atoms with Gasteiger partial charge in [0.1, 0.15) is 0 Å². The van der Waals surface area contributed by atoms with Gasteiger partial charge in [-0.2, -0.15) is 5.26 Å². The highest BCUT2D eigenvalue weighted by molar-refractivity contribution is 9.10. The highest BCUT2D eigenvalue weighted by atomic mass is 79.9. The van der Waals surface area contributed by atoms with Crippen LogP contribution in [0.25, 0.3) is 0 Å². The fourth-order valence-electron chi connectivity index (χ4n) is 3.04. The first-order valence-corrected chi connectivity index (χ1v) is 9.39. The maximum atomic E-state index is 12.9. The van der Waals surface area contributed by atoms with E-state index in [0.717, 1.165) is 28.6 Å². The lowest BCUT2D eigenvalue weighted by Gasteiger charge is -2.39. The Hall–Kier alpha value is -0.660. The molecule has 21 heavy (non-hydrogen) atoms. The van der Waals surface area contributed by atoms with Crippen molar-refractivity contribution < 1.29 is 4.21 Å². The monoisotopic (exact) mass is 367 g/mol. The van der Waals surface area contributed by atoms with Gasteiger partial charge in [-0.25, -0.2) is 0 Å². The van der Waals surface area contributed by atoms with Crippen LogP contribution in [0.15, 0.2) is 33.6 Å². The van der Waals surface area contributed by atoms with Gasteiger partial charge in [0.2, 0.25) is 0 Å². The van der Waals surface area contributed by atoms with E-state index in [1.165, 1.54) is 0 Å². The van der Waals surface area contributed by atoms with Gasteiger partial charge in [-0.3, -0.25) is 4.21 Å². The first-order chi connectivity index (χ1) is 9.82. The molecular weight excluding hydrogens is 346 g/mol. The molecule has 0 heterocycles. The van der Waals surface area contributed by atoms with E-state index >= 15 is 0 Å². The van der Waals surface area contributed by atoms with Crippen LogP contribution in [0.3, 0.4) is 0 Å². The molecule has 0 amide bonds. The Morgan fingerprint density at radius 2 is 1.86 bits per heavy atom. The van der Waals surface area contributed by atoms with E-state index in [-0.39, 0.29) is 16.6 Å². The second-order valence-corrected chi connectivity index (χ2v) is 9.49. The van der Waals surface area contributed by atoms with Gasteiger partial charge in [-0.15, -0.1) is 0 Å². The van der Waals surface area contributed by atoms with Gasteiger partial charge in [0.25, 0.3) is 0 Å². The second-order valence-electron chi connectivity index (χ2n) is 6.90. The summed E-state index contributed by atoms with van der Waals surface area (Å²) in [5, 5.41) is 9.35. The third-order valence-electron chi connectivity index (χ3n) is 4.50. The van der Waals surface area contributed by atoms with Crippen molar-refractivity contribution in [3.63, 3.8) is 0 Å². The SMILES string of the molecule is CC(C)(C)C1CCC(C#N)C(S(=O)c2ccc(Br)cc2)C1. The fourth-order valence-corrected chi connectivity index (χ4v) is 4.96. The average Bonchev–Trinajstić information content (AvgIpc) is 2.45. The summed E-state index contributed by atoms with van der Waals surface area (Å²) in [4.78, 5) is 0.831. The van der Waals surface area contributed by atoms with Gasteiger partial charge in [-0.05, 0) is 54.9 Å². The minimum absolute atomic E-state index is 0.0471. The first kappa shape index (κ1) is 16.7. The lowest BCUT2D eigenvalue weighted by atomic mass is 9.70. The molecule has 1 fully saturated rings. The summed E-state index contributed by atoms with van der Waals surface area (Å²) in [6, 6.07) is 10.0. The topological polar surface area (TPSA) is 40.9 Å². The Morgan fingerprint density at radius 3 is 2.38 bits per heavy atom. The van der Waals surface area contributed by atoms with Crippen LogP contribution >= 0.6 is 15.9 Å². The highest BCUT2D eigenvalue weighted by Gasteiger charge is 2.39. The summed E-state index contributed by atoms with van der Waals surface area (Å²) >= 11 is 3.40. The Labute approximate surface area is 138 Å². The smallest absolute Gasteiger partial charge is 0.0668 e. The van der Waals surface area contributed by atoms with Crippen molar-refractivity contribution in [2.75, 3.05) is 0 Å². The molecular formula is C17H22BrNOS. The lowest BCUT2D eigenvalue weighted by molar-refractivity contribution is 0.167. The van der Waals surface area contributed by atoms with Gasteiger partial charge in [-0.1, -0.05) is 36.7 Å². The van der Waals surface area contributed by atoms with E-state index in [2.05, 4.69) is 42.8 Å². The highest BCUT2D eigenvalue weighted by Crippen LogP contribution is 2.42. The van der Waals surface area contributed by atoms with Gasteiger partial charge < -0.3 is 0 Å². The molecule has 2 nitrogen and oxygen atoms in total. The standard InChI is InChI=1S/C17H22BrNOS/c1-17(2,3)13-5-4-12(11-19)16(10-13)21(20)15-8-6-14(18)7-9-15/h6-9,12-13,16H,4-5,10H2,1-3H3. The number of benzene rings is 1. The predicted molar refractivity (Wildman–Crippen MR) is 90.2 cm³/mol. The van der Waals surface area contributed by atoms with Crippen molar-refractivity contribution in [3.8, 4) is 6.07 Å². The molecule has 4 atom stereocenters. The Morgan fingerprint density at radius 1 is 1.24 bits per heavy atom. The van der Waals surface area contributed by atoms with Crippen molar-refractivity contribution in [1.82, 2.24) is 0 Å². The molecule has 4 unspecified atom stereocenters. The average molecular weight is 368 g/mol. The van der Waals surface area contributed by atoms with E-state index in [9.17, 15) is 9.47 Å². The molecule has 0 N–H and O–H groups in total. The van der Waals surface area contributed by atoms with Gasteiger partial charge >= 0.3 is 0 Å². The van der Waals surface area contributed by atoms with Crippen molar-refractivity contribution in [2.24, 2.45) is 17.3 Å². The predicted octanol–water partition coefficient (Wildman–Crippen LogP) is 4.91. The van der Waals surface area contributed by atoms with Crippen LogP contribution in [-0.4, -0.2) is 9.46 Å². The molecule has 0 bridgehead atoms. The minimum atomic E-state index is -1.11. The largest absolute Gasteiger partial charge is 0.254 e. The van der Waals surface area contributed by atoms with Crippen molar-refractivity contribution in [1.29, 1.82) is 5.26 Å². The molecule has 0 aromatic heterocycles. The number of rotatable bonds is 2. The van der Waals surface area contributed by atoms with Crippen LogP contribution in [0, 0.1) is 28.6 Å². The fraction of sp³-hybridized carbons (Fsp3) is 0.588. The molecule has 0 saturated heterocycles. The Bertz CT molecular complexity index is 556. The maximum absolute atomic E-state index is 12.9. The van der Waals surface area contributed by atoms with Crippen molar-refractivity contribution in [2.45, 2.75) is 50.2 Å². The third kappa shape index (κ3) is 3.96. The van der Waals surface area contributed by atoms with Crippen LogP contribution in [0.1, 0.15) is 40.0 Å². The van der Waals surface area contributed by atoms with Gasteiger partial charge in [0.15, 0.2) is 0 Å². The zero-order valence-corrected chi connectivity index (χ0v) is 15.2. The second kappa shape index (κ2) is 6.62. The van der Waals surface area contributed by atoms with E-state index in [4.69, 9.17) is 0 Å². The summed E-state index contributed by atoms with van der Waals surface area (Å²) in [6.07, 6.45) is 2.81. The molecule has 4 heteroatoms. The molecule has 1 aromatic rings. The molecule has 114 valence electrons. The summed E-state index contributed by atoms with van der Waals surface area (Å²) in [5.41, 5.74) is 0.211. The molecule has 1 aromatic carbocycles. The number of hydrogen-bond acceptors (Lipinski definition) is 2. The normalized spacial score (nSPS) is 27.9. The van der Waals surface area contributed by atoms with Crippen LogP contribution in [0.2, 0.25) is 0 Å². The van der Waals surface area contributed by atoms with Crippen molar-refractivity contribution in [3.05, 3.63) is 28.7 Å². The van der Waals surface area contributed by atoms with Gasteiger partial charge in [0.05, 0.1) is 28.0 Å². The first-order valence-electron chi connectivity index (χ1n) is 7.38. The van der Waals surface area contributed by atoms with E-state index in [0.29, 0.717) is 5.92 Å². The third-order valence-corrected chi connectivity index (χ3v) is 6.84. The van der Waals surface area contributed by atoms with Crippen LogP contribution < -0.4 is 0 Å². The summed E-state index contributed by atoms with van der Waals surface area (Å²) in [6.45, 7) is 6.72. The van der Waals surface area contributed by atoms with E-state index < -0.39 is 10.8 Å². The lowest BCUT2D eigenvalue weighted by Crippen LogP contribution is -2.37. The molecule has 1 aliphatic rings. The van der Waals surface area contributed by atoms with Crippen LogP contribution in [0.5, 0.6) is 0 Å². The zero-order valence-electron chi connectivity index (χ0n) is 12.8. The Balaban J connectivity index is 2.23. The van der Waals surface area contributed by atoms with Gasteiger partial charge in [0, 0.05) is 9.37 Å². The number of hydrogen-bond donors (Lipinski definition) is 0. The molecule has 1 saturated carbocycles.